The van der Waals surface area contributed by atoms with Gasteiger partial charge >= 0.3 is 5.97 Å². The minimum atomic E-state index is -0.432. The number of hydrogen-bond donors (Lipinski definition) is 2. The number of rotatable bonds is 4. The standard InChI is InChI=1S/C14H19NO4/c1-18-12-8-10(14(17)19-2)6-9(13(12)16)7-11-4-3-5-15-11/h6,8,11,15-16H,3-5,7H2,1-2H3. The molecule has 5 nitrogen and oxygen atoms in total. The third kappa shape index (κ3) is 2.98. The Bertz CT molecular complexity index is 467. The molecule has 1 aliphatic rings. The van der Waals surface area contributed by atoms with Crippen LogP contribution in [-0.2, 0) is 11.2 Å². The number of carbonyl (C=O) groups is 1. The van der Waals surface area contributed by atoms with E-state index in [1.165, 1.54) is 20.3 Å². The lowest BCUT2D eigenvalue weighted by atomic mass is 10.0. The number of esters is 1. The van der Waals surface area contributed by atoms with Crippen molar-refractivity contribution < 1.29 is 19.4 Å². The maximum Gasteiger partial charge on any atom is 0.337 e. The molecule has 19 heavy (non-hydrogen) atoms. The Balaban J connectivity index is 2.31. The van der Waals surface area contributed by atoms with Crippen molar-refractivity contribution in [2.24, 2.45) is 0 Å². The first-order chi connectivity index (χ1) is 9.15. The van der Waals surface area contributed by atoms with E-state index in [1.807, 2.05) is 0 Å². The van der Waals surface area contributed by atoms with Gasteiger partial charge in [0.05, 0.1) is 19.8 Å². The van der Waals surface area contributed by atoms with Crippen molar-refractivity contribution in [3.05, 3.63) is 23.3 Å². The molecule has 2 rings (SSSR count). The summed E-state index contributed by atoms with van der Waals surface area (Å²) < 4.78 is 9.82. The fraction of sp³-hybridized carbons (Fsp3) is 0.500. The number of aromatic hydroxyl groups is 1. The van der Waals surface area contributed by atoms with Crippen LogP contribution >= 0.6 is 0 Å². The van der Waals surface area contributed by atoms with E-state index in [-0.39, 0.29) is 5.75 Å². The van der Waals surface area contributed by atoms with Crippen LogP contribution in [0.5, 0.6) is 11.5 Å². The van der Waals surface area contributed by atoms with Gasteiger partial charge in [-0.3, -0.25) is 0 Å². The van der Waals surface area contributed by atoms with Gasteiger partial charge in [0.15, 0.2) is 11.5 Å². The van der Waals surface area contributed by atoms with E-state index in [0.717, 1.165) is 19.4 Å². The summed E-state index contributed by atoms with van der Waals surface area (Å²) in [5.41, 5.74) is 1.10. The Kier molecular flexibility index (Phi) is 4.27. The van der Waals surface area contributed by atoms with Gasteiger partial charge in [0.25, 0.3) is 0 Å². The third-order valence-corrected chi connectivity index (χ3v) is 3.42. The van der Waals surface area contributed by atoms with E-state index in [9.17, 15) is 9.90 Å². The number of nitrogens with one attached hydrogen (secondary N) is 1. The lowest BCUT2D eigenvalue weighted by Crippen LogP contribution is -2.23. The zero-order valence-electron chi connectivity index (χ0n) is 11.2. The van der Waals surface area contributed by atoms with Crippen LogP contribution in [-0.4, -0.2) is 37.9 Å². The quantitative estimate of drug-likeness (QED) is 0.807. The molecule has 0 bridgehead atoms. The SMILES string of the molecule is COC(=O)c1cc(CC2CCCN2)c(O)c(OC)c1. The maximum absolute atomic E-state index is 11.6. The normalized spacial score (nSPS) is 18.3. The van der Waals surface area contributed by atoms with E-state index in [1.54, 1.807) is 6.07 Å². The molecular formula is C14H19NO4. The zero-order valence-corrected chi connectivity index (χ0v) is 11.2. The Labute approximate surface area is 112 Å². The predicted octanol–water partition coefficient (Wildman–Crippen LogP) is 1.48. The lowest BCUT2D eigenvalue weighted by molar-refractivity contribution is 0.0600. The molecule has 104 valence electrons. The van der Waals surface area contributed by atoms with E-state index in [2.05, 4.69) is 5.32 Å². The monoisotopic (exact) mass is 265 g/mol. The molecule has 1 saturated heterocycles. The highest BCUT2D eigenvalue weighted by atomic mass is 16.5. The van der Waals surface area contributed by atoms with Crippen molar-refractivity contribution in [3.8, 4) is 11.5 Å². The summed E-state index contributed by atoms with van der Waals surface area (Å²) in [6.07, 6.45) is 2.89. The smallest absolute Gasteiger partial charge is 0.337 e. The molecule has 0 aromatic heterocycles. The molecule has 1 unspecified atom stereocenters. The van der Waals surface area contributed by atoms with Gasteiger partial charge in [0.2, 0.25) is 0 Å². The summed E-state index contributed by atoms with van der Waals surface area (Å²) in [7, 11) is 2.80. The summed E-state index contributed by atoms with van der Waals surface area (Å²) in [5, 5.41) is 13.5. The van der Waals surface area contributed by atoms with Crippen molar-refractivity contribution in [2.75, 3.05) is 20.8 Å². The predicted molar refractivity (Wildman–Crippen MR) is 70.7 cm³/mol. The Morgan fingerprint density at radius 3 is 2.84 bits per heavy atom. The van der Waals surface area contributed by atoms with Gasteiger partial charge in [-0.2, -0.15) is 0 Å². The molecule has 1 heterocycles. The second-order valence-corrected chi connectivity index (χ2v) is 4.68. The number of hydrogen-bond acceptors (Lipinski definition) is 5. The number of benzene rings is 1. The summed E-state index contributed by atoms with van der Waals surface area (Å²) in [4.78, 5) is 11.6. The molecule has 5 heteroatoms. The van der Waals surface area contributed by atoms with E-state index < -0.39 is 5.97 Å². The average Bonchev–Trinajstić information content (AvgIpc) is 2.93. The number of methoxy groups -OCH3 is 2. The third-order valence-electron chi connectivity index (χ3n) is 3.42. The zero-order chi connectivity index (χ0) is 13.8. The topological polar surface area (TPSA) is 67.8 Å². The number of phenols is 1. The molecule has 1 aliphatic heterocycles. The molecule has 0 amide bonds. The first-order valence-corrected chi connectivity index (χ1v) is 6.37. The van der Waals surface area contributed by atoms with Crippen LogP contribution in [0.4, 0.5) is 0 Å². The summed E-state index contributed by atoms with van der Waals surface area (Å²) in [6, 6.07) is 3.50. The molecule has 0 aliphatic carbocycles. The second kappa shape index (κ2) is 5.93. The van der Waals surface area contributed by atoms with Crippen LogP contribution in [0, 0.1) is 0 Å². The molecule has 1 atom stereocenters. The largest absolute Gasteiger partial charge is 0.504 e. The number of phenolic OH excluding ortho intramolecular Hbond substituents is 1. The second-order valence-electron chi connectivity index (χ2n) is 4.68. The summed E-state index contributed by atoms with van der Waals surface area (Å²) >= 11 is 0. The first kappa shape index (κ1) is 13.7. The van der Waals surface area contributed by atoms with Crippen LogP contribution in [0.15, 0.2) is 12.1 Å². The average molecular weight is 265 g/mol. The fourth-order valence-electron chi connectivity index (χ4n) is 2.41. The van der Waals surface area contributed by atoms with Crippen molar-refractivity contribution in [1.82, 2.24) is 5.32 Å². The van der Waals surface area contributed by atoms with Crippen LogP contribution in [0.2, 0.25) is 0 Å². The van der Waals surface area contributed by atoms with Crippen LogP contribution < -0.4 is 10.1 Å². The summed E-state index contributed by atoms with van der Waals surface area (Å²) in [5.74, 6) is -0.0290. The highest BCUT2D eigenvalue weighted by molar-refractivity contribution is 5.90. The number of ether oxygens (including phenoxy) is 2. The highest BCUT2D eigenvalue weighted by Crippen LogP contribution is 2.33. The van der Waals surface area contributed by atoms with E-state index in [4.69, 9.17) is 9.47 Å². The minimum Gasteiger partial charge on any atom is -0.504 e. The molecular weight excluding hydrogens is 246 g/mol. The molecule has 1 aromatic carbocycles. The van der Waals surface area contributed by atoms with E-state index in [0.29, 0.717) is 29.3 Å². The first-order valence-electron chi connectivity index (χ1n) is 6.37. The van der Waals surface area contributed by atoms with Crippen LogP contribution in [0.3, 0.4) is 0 Å². The van der Waals surface area contributed by atoms with Gasteiger partial charge < -0.3 is 19.9 Å². The van der Waals surface area contributed by atoms with E-state index >= 15 is 0 Å². The molecule has 0 radical (unpaired) electrons. The van der Waals surface area contributed by atoms with Gasteiger partial charge in [0, 0.05) is 11.6 Å². The van der Waals surface area contributed by atoms with Gasteiger partial charge in [-0.25, -0.2) is 4.79 Å². The van der Waals surface area contributed by atoms with Crippen molar-refractivity contribution in [1.29, 1.82) is 0 Å². The number of carbonyl (C=O) groups excluding carboxylic acids is 1. The van der Waals surface area contributed by atoms with Gasteiger partial charge in [0.1, 0.15) is 0 Å². The maximum atomic E-state index is 11.6. The Hall–Kier alpha value is -1.75. The van der Waals surface area contributed by atoms with Gasteiger partial charge in [-0.1, -0.05) is 0 Å². The Morgan fingerprint density at radius 1 is 1.47 bits per heavy atom. The minimum absolute atomic E-state index is 0.101. The molecule has 1 fully saturated rings. The van der Waals surface area contributed by atoms with Crippen molar-refractivity contribution in [3.63, 3.8) is 0 Å². The highest BCUT2D eigenvalue weighted by Gasteiger charge is 2.20. The fourth-order valence-corrected chi connectivity index (χ4v) is 2.41. The summed E-state index contributed by atoms with van der Waals surface area (Å²) in [6.45, 7) is 0.999. The Morgan fingerprint density at radius 2 is 2.26 bits per heavy atom. The van der Waals surface area contributed by atoms with Gasteiger partial charge in [-0.05, 0) is 37.9 Å². The molecule has 0 spiro atoms. The van der Waals surface area contributed by atoms with Crippen molar-refractivity contribution >= 4 is 5.97 Å². The van der Waals surface area contributed by atoms with Crippen LogP contribution in [0.25, 0.3) is 0 Å². The molecule has 0 saturated carbocycles. The van der Waals surface area contributed by atoms with Gasteiger partial charge in [-0.15, -0.1) is 0 Å². The molecule has 1 aromatic rings. The van der Waals surface area contributed by atoms with Crippen molar-refractivity contribution in [2.45, 2.75) is 25.3 Å². The van der Waals surface area contributed by atoms with Crippen LogP contribution in [0.1, 0.15) is 28.8 Å². The lowest BCUT2D eigenvalue weighted by Gasteiger charge is -2.15. The molecule has 2 N–H and O–H groups in total.